The molecule has 0 saturated heterocycles. The average molecular weight is 381 g/mol. The highest BCUT2D eigenvalue weighted by atomic mass is 127. The van der Waals surface area contributed by atoms with Crippen molar-refractivity contribution in [3.63, 3.8) is 0 Å². The number of guanidine groups is 1. The fourth-order valence-electron chi connectivity index (χ4n) is 1.30. The molecule has 0 heterocycles. The highest BCUT2D eigenvalue weighted by Crippen LogP contribution is 2.28. The quantitative estimate of drug-likeness (QED) is 0.393. The number of aliphatic imine (C=N–C) groups is 1. The second-order valence-corrected chi connectivity index (χ2v) is 4.24. The molecular formula is C10H19F3IN3O. The topological polar surface area (TPSA) is 56.7 Å². The third-order valence-corrected chi connectivity index (χ3v) is 2.58. The summed E-state index contributed by atoms with van der Waals surface area (Å²) in [4.78, 5) is 3.72. The summed E-state index contributed by atoms with van der Waals surface area (Å²) in [7, 11) is 0. The Morgan fingerprint density at radius 2 is 2.06 bits per heavy atom. The molecule has 1 fully saturated rings. The van der Waals surface area contributed by atoms with Gasteiger partial charge in [0.05, 0.1) is 6.54 Å². The van der Waals surface area contributed by atoms with Gasteiger partial charge in [0, 0.05) is 12.6 Å². The van der Waals surface area contributed by atoms with Crippen LogP contribution in [0.5, 0.6) is 0 Å². The SMILES string of the molecule is CCNC(=NCC(O)C(F)(F)F)NC1CC1C.I. The third kappa shape index (κ3) is 6.07. The first-order valence-corrected chi connectivity index (χ1v) is 5.64. The highest BCUT2D eigenvalue weighted by molar-refractivity contribution is 14.0. The van der Waals surface area contributed by atoms with Crippen molar-refractivity contribution in [3.05, 3.63) is 0 Å². The Morgan fingerprint density at radius 1 is 1.50 bits per heavy atom. The molecular weight excluding hydrogens is 362 g/mol. The van der Waals surface area contributed by atoms with Crippen LogP contribution in [-0.4, -0.2) is 42.5 Å². The van der Waals surface area contributed by atoms with Gasteiger partial charge in [-0.25, -0.2) is 0 Å². The van der Waals surface area contributed by atoms with Gasteiger partial charge >= 0.3 is 6.18 Å². The molecule has 0 aromatic heterocycles. The lowest BCUT2D eigenvalue weighted by Crippen LogP contribution is -2.40. The van der Waals surface area contributed by atoms with E-state index < -0.39 is 18.8 Å². The molecule has 18 heavy (non-hydrogen) atoms. The largest absolute Gasteiger partial charge is 0.416 e. The van der Waals surface area contributed by atoms with E-state index in [1.165, 1.54) is 0 Å². The van der Waals surface area contributed by atoms with Crippen LogP contribution in [0, 0.1) is 5.92 Å². The minimum atomic E-state index is -4.62. The van der Waals surface area contributed by atoms with Crippen LogP contribution in [0.4, 0.5) is 13.2 Å². The summed E-state index contributed by atoms with van der Waals surface area (Å²) in [6, 6.07) is 0.274. The number of aliphatic hydroxyl groups is 1. The summed E-state index contributed by atoms with van der Waals surface area (Å²) in [6.07, 6.45) is -6.03. The fourth-order valence-corrected chi connectivity index (χ4v) is 1.30. The molecule has 0 aromatic rings. The van der Waals surface area contributed by atoms with Crippen LogP contribution in [0.25, 0.3) is 0 Å². The number of hydrogen-bond donors (Lipinski definition) is 3. The average Bonchev–Trinajstić information content (AvgIpc) is 2.89. The number of aliphatic hydroxyl groups excluding tert-OH is 1. The summed E-state index contributed by atoms with van der Waals surface area (Å²) < 4.78 is 36.2. The Balaban J connectivity index is 0.00000289. The Hall–Kier alpha value is -0.250. The number of halogens is 4. The van der Waals surface area contributed by atoms with E-state index in [4.69, 9.17) is 5.11 Å². The van der Waals surface area contributed by atoms with E-state index in [1.807, 2.05) is 13.8 Å². The van der Waals surface area contributed by atoms with Crippen LogP contribution in [0.15, 0.2) is 4.99 Å². The van der Waals surface area contributed by atoms with Gasteiger partial charge in [-0.2, -0.15) is 13.2 Å². The van der Waals surface area contributed by atoms with Gasteiger partial charge in [0.15, 0.2) is 12.1 Å². The Labute approximate surface area is 121 Å². The third-order valence-electron chi connectivity index (χ3n) is 2.58. The second-order valence-electron chi connectivity index (χ2n) is 4.24. The van der Waals surface area contributed by atoms with Gasteiger partial charge < -0.3 is 15.7 Å². The molecule has 1 rings (SSSR count). The van der Waals surface area contributed by atoms with Gasteiger partial charge in [0.25, 0.3) is 0 Å². The van der Waals surface area contributed by atoms with E-state index in [0.29, 0.717) is 18.4 Å². The van der Waals surface area contributed by atoms with Gasteiger partial charge in [-0.1, -0.05) is 6.92 Å². The summed E-state index contributed by atoms with van der Waals surface area (Å²) >= 11 is 0. The zero-order valence-electron chi connectivity index (χ0n) is 10.3. The maximum atomic E-state index is 12.1. The molecule has 1 saturated carbocycles. The number of nitrogens with zero attached hydrogens (tertiary/aromatic N) is 1. The zero-order valence-corrected chi connectivity index (χ0v) is 12.6. The van der Waals surface area contributed by atoms with Crippen molar-refractivity contribution in [1.82, 2.24) is 10.6 Å². The minimum absolute atomic E-state index is 0. The Morgan fingerprint density at radius 3 is 2.44 bits per heavy atom. The van der Waals surface area contributed by atoms with Crippen LogP contribution in [-0.2, 0) is 0 Å². The number of alkyl halides is 3. The highest BCUT2D eigenvalue weighted by Gasteiger charge is 2.38. The predicted octanol–water partition coefficient (Wildman–Crippen LogP) is 1.49. The fraction of sp³-hybridized carbons (Fsp3) is 0.900. The van der Waals surface area contributed by atoms with Crippen LogP contribution in [0.2, 0.25) is 0 Å². The molecule has 108 valence electrons. The normalized spacial score (nSPS) is 25.1. The summed E-state index contributed by atoms with van der Waals surface area (Å²) in [5, 5.41) is 14.7. The van der Waals surface area contributed by atoms with Crippen LogP contribution >= 0.6 is 24.0 Å². The smallest absolute Gasteiger partial charge is 0.382 e. The summed E-state index contributed by atoms with van der Waals surface area (Å²) in [6.45, 7) is 3.76. The number of nitrogens with one attached hydrogen (secondary N) is 2. The Bertz CT molecular complexity index is 286. The molecule has 1 aliphatic carbocycles. The van der Waals surface area contributed by atoms with Crippen molar-refractivity contribution in [2.24, 2.45) is 10.9 Å². The molecule has 0 amide bonds. The van der Waals surface area contributed by atoms with E-state index in [9.17, 15) is 13.2 Å². The molecule has 3 atom stereocenters. The lowest BCUT2D eigenvalue weighted by atomic mass is 10.3. The first kappa shape index (κ1) is 17.8. The van der Waals surface area contributed by atoms with Gasteiger partial charge in [-0.15, -0.1) is 24.0 Å². The van der Waals surface area contributed by atoms with Gasteiger partial charge in [-0.05, 0) is 19.3 Å². The lowest BCUT2D eigenvalue weighted by molar-refractivity contribution is -0.199. The molecule has 8 heteroatoms. The maximum Gasteiger partial charge on any atom is 0.416 e. The molecule has 0 aliphatic heterocycles. The van der Waals surface area contributed by atoms with Gasteiger partial charge in [0.2, 0.25) is 0 Å². The molecule has 0 spiro atoms. The van der Waals surface area contributed by atoms with Crippen molar-refractivity contribution in [2.75, 3.05) is 13.1 Å². The minimum Gasteiger partial charge on any atom is -0.382 e. The molecule has 1 aliphatic rings. The molecule has 3 N–H and O–H groups in total. The maximum absolute atomic E-state index is 12.1. The summed E-state index contributed by atoms with van der Waals surface area (Å²) in [5.41, 5.74) is 0. The monoisotopic (exact) mass is 381 g/mol. The van der Waals surface area contributed by atoms with E-state index in [0.717, 1.165) is 6.42 Å². The van der Waals surface area contributed by atoms with Gasteiger partial charge in [-0.3, -0.25) is 4.99 Å². The van der Waals surface area contributed by atoms with Crippen LogP contribution in [0.1, 0.15) is 20.3 Å². The van der Waals surface area contributed by atoms with Crippen molar-refractivity contribution in [3.8, 4) is 0 Å². The van der Waals surface area contributed by atoms with Crippen molar-refractivity contribution in [2.45, 2.75) is 38.6 Å². The first-order chi connectivity index (χ1) is 7.84. The van der Waals surface area contributed by atoms with E-state index in [2.05, 4.69) is 15.6 Å². The second kappa shape index (κ2) is 7.37. The standard InChI is InChI=1S/C10H18F3N3O.HI/c1-3-14-9(16-7-4-6(7)2)15-5-8(17)10(11,12)13;/h6-8,17H,3-5H2,1-2H3,(H2,14,15,16);1H. The zero-order chi connectivity index (χ0) is 13.1. The van der Waals surface area contributed by atoms with E-state index in [1.54, 1.807) is 0 Å². The number of rotatable bonds is 4. The molecule has 4 nitrogen and oxygen atoms in total. The molecule has 0 aromatic carbocycles. The van der Waals surface area contributed by atoms with Crippen molar-refractivity contribution >= 4 is 29.9 Å². The Kier molecular flexibility index (Phi) is 7.26. The number of hydrogen-bond acceptors (Lipinski definition) is 2. The van der Waals surface area contributed by atoms with Gasteiger partial charge in [0.1, 0.15) is 0 Å². The lowest BCUT2D eigenvalue weighted by Gasteiger charge is -2.14. The van der Waals surface area contributed by atoms with Crippen molar-refractivity contribution in [1.29, 1.82) is 0 Å². The predicted molar refractivity (Wildman–Crippen MR) is 74.2 cm³/mol. The molecule has 0 radical (unpaired) electrons. The molecule has 0 bridgehead atoms. The first-order valence-electron chi connectivity index (χ1n) is 5.64. The van der Waals surface area contributed by atoms with Crippen LogP contribution < -0.4 is 10.6 Å². The summed E-state index contributed by atoms with van der Waals surface area (Å²) in [5.74, 6) is 0.844. The van der Waals surface area contributed by atoms with E-state index in [-0.39, 0.29) is 30.0 Å². The van der Waals surface area contributed by atoms with Crippen LogP contribution in [0.3, 0.4) is 0 Å². The molecule has 3 unspecified atom stereocenters. The van der Waals surface area contributed by atoms with Crippen molar-refractivity contribution < 1.29 is 18.3 Å². The van der Waals surface area contributed by atoms with E-state index >= 15 is 0 Å².